The maximum absolute atomic E-state index is 13.4. The fraction of sp³-hybridized carbons (Fsp3) is 0.375. The Hall–Kier alpha value is -2.91. The number of ketones is 1. The van der Waals surface area contributed by atoms with E-state index in [-0.39, 0.29) is 30.0 Å². The molecule has 34 heavy (non-hydrogen) atoms. The van der Waals surface area contributed by atoms with E-state index in [9.17, 15) is 22.8 Å². The molecule has 1 atom stereocenters. The summed E-state index contributed by atoms with van der Waals surface area (Å²) in [6, 6.07) is 11.9. The molecule has 0 aliphatic heterocycles. The van der Waals surface area contributed by atoms with Gasteiger partial charge in [0.15, 0.2) is 5.78 Å². The van der Waals surface area contributed by atoms with Crippen LogP contribution in [0.25, 0.3) is 0 Å². The van der Waals surface area contributed by atoms with E-state index in [2.05, 4.69) is 5.32 Å². The number of Topliss-reactive ketones (excluding diaryl/α,β-unsaturated/α-hetero) is 1. The summed E-state index contributed by atoms with van der Waals surface area (Å²) in [4.78, 5) is 39.3. The summed E-state index contributed by atoms with van der Waals surface area (Å²) in [7, 11) is -3.88. The van der Waals surface area contributed by atoms with Crippen molar-refractivity contribution >= 4 is 44.9 Å². The molecule has 0 saturated carbocycles. The number of nitrogens with one attached hydrogen (secondary N) is 1. The number of nitrogens with zero attached hydrogens (tertiary/aromatic N) is 2. The van der Waals surface area contributed by atoms with Crippen molar-refractivity contribution < 1.29 is 22.8 Å². The monoisotopic (exact) mass is 507 g/mol. The first-order chi connectivity index (χ1) is 15.8. The third-order valence-corrected chi connectivity index (χ3v) is 6.48. The zero-order valence-corrected chi connectivity index (χ0v) is 21.5. The van der Waals surface area contributed by atoms with Gasteiger partial charge in [-0.3, -0.25) is 18.7 Å². The van der Waals surface area contributed by atoms with Crippen LogP contribution in [0.5, 0.6) is 0 Å². The Morgan fingerprint density at radius 2 is 1.65 bits per heavy atom. The van der Waals surface area contributed by atoms with Gasteiger partial charge in [0.2, 0.25) is 21.8 Å². The highest BCUT2D eigenvalue weighted by atomic mass is 35.5. The Morgan fingerprint density at radius 1 is 1.03 bits per heavy atom. The summed E-state index contributed by atoms with van der Waals surface area (Å²) in [5.41, 5.74) is 1.24. The fourth-order valence-corrected chi connectivity index (χ4v) is 4.24. The van der Waals surface area contributed by atoms with Crippen molar-refractivity contribution in [3.63, 3.8) is 0 Å². The standard InChI is InChI=1S/C24H30ClN3O5S/c1-16(2)26-24(31)17(3)27(14-19-9-11-21(25)12-10-19)23(30)15-28(34(5,32)33)22-8-6-7-20(13-22)18(4)29/h6-13,16-17H,14-15H2,1-5H3,(H,26,31)/t17-/m0/s1. The van der Waals surface area contributed by atoms with Crippen LogP contribution in [0.3, 0.4) is 0 Å². The van der Waals surface area contributed by atoms with Gasteiger partial charge in [-0.05, 0) is 57.5 Å². The van der Waals surface area contributed by atoms with E-state index in [1.807, 2.05) is 13.8 Å². The molecule has 0 aliphatic carbocycles. The molecule has 2 rings (SSSR count). The number of anilines is 1. The summed E-state index contributed by atoms with van der Waals surface area (Å²) in [6.07, 6.45) is 0.985. The maximum atomic E-state index is 13.4. The average molecular weight is 508 g/mol. The van der Waals surface area contributed by atoms with Crippen molar-refractivity contribution in [1.29, 1.82) is 0 Å². The summed E-state index contributed by atoms with van der Waals surface area (Å²) < 4.78 is 26.1. The van der Waals surface area contributed by atoms with Crippen molar-refractivity contribution in [2.45, 2.75) is 46.3 Å². The second kappa shape index (κ2) is 11.5. The largest absolute Gasteiger partial charge is 0.352 e. The highest BCUT2D eigenvalue weighted by molar-refractivity contribution is 7.92. The molecule has 2 aromatic rings. The molecule has 10 heteroatoms. The Bertz CT molecular complexity index is 1150. The lowest BCUT2D eigenvalue weighted by molar-refractivity contribution is -0.139. The molecule has 0 unspecified atom stereocenters. The van der Waals surface area contributed by atoms with Gasteiger partial charge in [-0.15, -0.1) is 0 Å². The van der Waals surface area contributed by atoms with Crippen LogP contribution in [0.2, 0.25) is 5.02 Å². The maximum Gasteiger partial charge on any atom is 0.244 e. The van der Waals surface area contributed by atoms with E-state index in [1.165, 1.54) is 24.0 Å². The summed E-state index contributed by atoms with van der Waals surface area (Å²) in [6.45, 7) is 6.12. The van der Waals surface area contributed by atoms with Crippen molar-refractivity contribution in [1.82, 2.24) is 10.2 Å². The number of rotatable bonds is 10. The molecule has 0 aliphatic rings. The summed E-state index contributed by atoms with van der Waals surface area (Å²) >= 11 is 5.96. The van der Waals surface area contributed by atoms with Crippen LogP contribution in [-0.2, 0) is 26.2 Å². The van der Waals surface area contributed by atoms with Crippen LogP contribution in [0.15, 0.2) is 48.5 Å². The molecule has 184 valence electrons. The van der Waals surface area contributed by atoms with E-state index in [0.717, 1.165) is 16.1 Å². The first-order valence-corrected chi connectivity index (χ1v) is 12.9. The Kier molecular flexibility index (Phi) is 9.23. The molecular weight excluding hydrogens is 478 g/mol. The van der Waals surface area contributed by atoms with Gasteiger partial charge < -0.3 is 10.2 Å². The third-order valence-electron chi connectivity index (χ3n) is 5.08. The number of sulfonamides is 1. The third kappa shape index (κ3) is 7.56. The van der Waals surface area contributed by atoms with Gasteiger partial charge in [0, 0.05) is 23.2 Å². The molecule has 0 radical (unpaired) electrons. The number of hydrogen-bond donors (Lipinski definition) is 1. The lowest BCUT2D eigenvalue weighted by Crippen LogP contribution is -2.52. The van der Waals surface area contributed by atoms with Crippen LogP contribution in [0.1, 0.15) is 43.6 Å². The molecule has 0 fully saturated rings. The van der Waals surface area contributed by atoms with Crippen LogP contribution in [-0.4, -0.2) is 55.8 Å². The van der Waals surface area contributed by atoms with E-state index in [1.54, 1.807) is 43.3 Å². The molecule has 2 amide bonds. The number of hydrogen-bond acceptors (Lipinski definition) is 5. The van der Waals surface area contributed by atoms with E-state index >= 15 is 0 Å². The zero-order chi connectivity index (χ0) is 25.6. The van der Waals surface area contributed by atoms with Gasteiger partial charge in [-0.25, -0.2) is 8.42 Å². The van der Waals surface area contributed by atoms with Crippen LogP contribution in [0.4, 0.5) is 5.69 Å². The number of benzene rings is 2. The first-order valence-electron chi connectivity index (χ1n) is 10.7. The summed E-state index contributed by atoms with van der Waals surface area (Å²) in [5, 5.41) is 3.31. The zero-order valence-electron chi connectivity index (χ0n) is 19.9. The number of carbonyl (C=O) groups is 3. The lowest BCUT2D eigenvalue weighted by atomic mass is 10.1. The molecule has 0 saturated heterocycles. The minimum absolute atomic E-state index is 0.0772. The minimum Gasteiger partial charge on any atom is -0.352 e. The molecule has 1 N–H and O–H groups in total. The van der Waals surface area contributed by atoms with Gasteiger partial charge in [-0.2, -0.15) is 0 Å². The normalized spacial score (nSPS) is 12.2. The molecule has 0 bridgehead atoms. The SMILES string of the molecule is CC(=O)c1cccc(N(CC(=O)N(Cc2ccc(Cl)cc2)[C@@H](C)C(=O)NC(C)C)S(C)(=O)=O)c1. The van der Waals surface area contributed by atoms with E-state index in [4.69, 9.17) is 11.6 Å². The van der Waals surface area contributed by atoms with Gasteiger partial charge >= 0.3 is 0 Å². The Balaban J connectivity index is 2.42. The van der Waals surface area contributed by atoms with Crippen LogP contribution >= 0.6 is 11.6 Å². The van der Waals surface area contributed by atoms with Gasteiger partial charge in [0.25, 0.3) is 0 Å². The van der Waals surface area contributed by atoms with Crippen molar-refractivity contribution in [2.24, 2.45) is 0 Å². The number of halogens is 1. The smallest absolute Gasteiger partial charge is 0.244 e. The van der Waals surface area contributed by atoms with Crippen molar-refractivity contribution in [3.8, 4) is 0 Å². The highest BCUT2D eigenvalue weighted by Gasteiger charge is 2.30. The second-order valence-corrected chi connectivity index (χ2v) is 10.7. The predicted octanol–water partition coefficient (Wildman–Crippen LogP) is 3.25. The van der Waals surface area contributed by atoms with Crippen molar-refractivity contribution in [3.05, 3.63) is 64.7 Å². The molecule has 2 aromatic carbocycles. The van der Waals surface area contributed by atoms with E-state index < -0.39 is 28.5 Å². The molecule has 0 aromatic heterocycles. The first kappa shape index (κ1) is 27.3. The van der Waals surface area contributed by atoms with E-state index in [0.29, 0.717) is 10.6 Å². The van der Waals surface area contributed by atoms with Crippen LogP contribution in [0, 0.1) is 0 Å². The molecule has 0 spiro atoms. The number of amides is 2. The molecule has 0 heterocycles. The Labute approximate surface area is 205 Å². The second-order valence-electron chi connectivity index (χ2n) is 8.36. The van der Waals surface area contributed by atoms with Gasteiger partial charge in [0.05, 0.1) is 11.9 Å². The quantitative estimate of drug-likeness (QED) is 0.497. The molecular formula is C24H30ClN3O5S. The Morgan fingerprint density at radius 3 is 2.18 bits per heavy atom. The molecule has 8 nitrogen and oxygen atoms in total. The lowest BCUT2D eigenvalue weighted by Gasteiger charge is -2.32. The fourth-order valence-electron chi connectivity index (χ4n) is 3.27. The van der Waals surface area contributed by atoms with Crippen LogP contribution < -0.4 is 9.62 Å². The van der Waals surface area contributed by atoms with Gasteiger partial charge in [-0.1, -0.05) is 35.9 Å². The predicted molar refractivity (Wildman–Crippen MR) is 133 cm³/mol. The average Bonchev–Trinajstić information content (AvgIpc) is 2.75. The minimum atomic E-state index is -3.88. The topological polar surface area (TPSA) is 104 Å². The summed E-state index contributed by atoms with van der Waals surface area (Å²) in [5.74, 6) is -1.16. The van der Waals surface area contributed by atoms with Crippen molar-refractivity contribution in [2.75, 3.05) is 17.1 Å². The highest BCUT2D eigenvalue weighted by Crippen LogP contribution is 2.21. The number of carbonyl (C=O) groups excluding carboxylic acids is 3. The van der Waals surface area contributed by atoms with Gasteiger partial charge in [0.1, 0.15) is 12.6 Å².